The highest BCUT2D eigenvalue weighted by Crippen LogP contribution is 2.32. The summed E-state index contributed by atoms with van der Waals surface area (Å²) in [5, 5.41) is 6.88. The van der Waals surface area contributed by atoms with Crippen LogP contribution in [0.2, 0.25) is 0 Å². The fourth-order valence-corrected chi connectivity index (χ4v) is 3.41. The van der Waals surface area contributed by atoms with Gasteiger partial charge in [0.2, 0.25) is 0 Å². The van der Waals surface area contributed by atoms with E-state index in [4.69, 9.17) is 9.47 Å². The minimum atomic E-state index is 0. The molecule has 0 bridgehead atoms. The molecular weight excluding hydrogens is 439 g/mol. The number of rotatable bonds is 10. The maximum Gasteiger partial charge on any atom is 0.191 e. The van der Waals surface area contributed by atoms with Gasteiger partial charge in [0.15, 0.2) is 5.96 Å². The van der Waals surface area contributed by atoms with Crippen molar-refractivity contribution in [2.45, 2.75) is 24.0 Å². The van der Waals surface area contributed by atoms with Crippen LogP contribution in [0.4, 0.5) is 0 Å². The Kier molecular flexibility index (Phi) is 14.5. The van der Waals surface area contributed by atoms with Crippen molar-refractivity contribution in [3.05, 3.63) is 0 Å². The van der Waals surface area contributed by atoms with Crippen molar-refractivity contribution in [2.24, 2.45) is 4.99 Å². The molecule has 0 radical (unpaired) electrons. The van der Waals surface area contributed by atoms with Crippen molar-refractivity contribution in [1.82, 2.24) is 15.5 Å². The molecule has 0 aromatic heterocycles. The molecular formula is C16H35IN4O2S. The van der Waals surface area contributed by atoms with Gasteiger partial charge in [0.25, 0.3) is 0 Å². The average Bonchev–Trinajstić information content (AvgIpc) is 2.59. The summed E-state index contributed by atoms with van der Waals surface area (Å²) in [6, 6.07) is 0. The zero-order valence-electron chi connectivity index (χ0n) is 15.6. The third-order valence-corrected chi connectivity index (χ3v) is 5.73. The van der Waals surface area contributed by atoms with Gasteiger partial charge in [-0.25, -0.2) is 0 Å². The number of guanidine groups is 1. The molecule has 0 saturated carbocycles. The van der Waals surface area contributed by atoms with Crippen molar-refractivity contribution >= 4 is 41.7 Å². The summed E-state index contributed by atoms with van der Waals surface area (Å²) < 4.78 is 10.8. The quantitative estimate of drug-likeness (QED) is 0.217. The first-order chi connectivity index (χ1) is 11.2. The lowest BCUT2D eigenvalue weighted by Crippen LogP contribution is -2.48. The van der Waals surface area contributed by atoms with Gasteiger partial charge in [-0.2, -0.15) is 11.8 Å². The van der Waals surface area contributed by atoms with Gasteiger partial charge in [-0.3, -0.25) is 4.99 Å². The minimum Gasteiger partial charge on any atom is -0.385 e. The summed E-state index contributed by atoms with van der Waals surface area (Å²) in [6.45, 7) is 6.41. The number of ether oxygens (including phenoxy) is 2. The zero-order valence-corrected chi connectivity index (χ0v) is 18.7. The smallest absolute Gasteiger partial charge is 0.191 e. The predicted molar refractivity (Wildman–Crippen MR) is 115 cm³/mol. The topological polar surface area (TPSA) is 58.1 Å². The van der Waals surface area contributed by atoms with E-state index in [1.165, 1.54) is 0 Å². The molecule has 1 saturated heterocycles. The normalized spacial score (nSPS) is 17.5. The number of nitrogens with one attached hydrogen (secondary N) is 2. The van der Waals surface area contributed by atoms with E-state index in [1.807, 2.05) is 18.8 Å². The molecule has 8 heteroatoms. The van der Waals surface area contributed by atoms with Crippen LogP contribution >= 0.6 is 35.7 Å². The Bertz CT molecular complexity index is 342. The van der Waals surface area contributed by atoms with Crippen molar-refractivity contribution in [1.29, 1.82) is 0 Å². The Labute approximate surface area is 168 Å². The summed E-state index contributed by atoms with van der Waals surface area (Å²) in [6.07, 6.45) is 5.46. The molecule has 1 aliphatic rings. The molecule has 1 fully saturated rings. The number of hydrogen-bond acceptors (Lipinski definition) is 5. The molecule has 24 heavy (non-hydrogen) atoms. The van der Waals surface area contributed by atoms with E-state index < -0.39 is 0 Å². The summed E-state index contributed by atoms with van der Waals surface area (Å²) in [4.78, 5) is 6.63. The summed E-state index contributed by atoms with van der Waals surface area (Å²) in [5.41, 5.74) is 0. The van der Waals surface area contributed by atoms with Gasteiger partial charge >= 0.3 is 0 Å². The van der Waals surface area contributed by atoms with Crippen LogP contribution in [0.5, 0.6) is 0 Å². The second kappa shape index (κ2) is 14.4. The maximum atomic E-state index is 5.49. The SMILES string of the molecule is CN=C(NCCN(C)CCCOC)NCC1(SC)CCOCC1.I. The number of halogens is 1. The van der Waals surface area contributed by atoms with Crippen LogP contribution in [0.25, 0.3) is 0 Å². The fraction of sp³-hybridized carbons (Fsp3) is 0.938. The van der Waals surface area contributed by atoms with Crippen molar-refractivity contribution in [3.8, 4) is 0 Å². The van der Waals surface area contributed by atoms with Gasteiger partial charge in [0.05, 0.1) is 0 Å². The molecule has 0 spiro atoms. The lowest BCUT2D eigenvalue weighted by Gasteiger charge is -2.36. The van der Waals surface area contributed by atoms with E-state index in [-0.39, 0.29) is 28.7 Å². The molecule has 1 heterocycles. The van der Waals surface area contributed by atoms with Crippen molar-refractivity contribution < 1.29 is 9.47 Å². The van der Waals surface area contributed by atoms with Gasteiger partial charge in [-0.1, -0.05) is 0 Å². The van der Waals surface area contributed by atoms with Gasteiger partial charge < -0.3 is 25.0 Å². The van der Waals surface area contributed by atoms with Crippen LogP contribution in [-0.4, -0.2) is 89.1 Å². The fourth-order valence-electron chi connectivity index (χ4n) is 2.62. The minimum absolute atomic E-state index is 0. The van der Waals surface area contributed by atoms with Crippen LogP contribution in [0.1, 0.15) is 19.3 Å². The number of nitrogens with zero attached hydrogens (tertiary/aromatic N) is 2. The lowest BCUT2D eigenvalue weighted by molar-refractivity contribution is 0.0783. The van der Waals surface area contributed by atoms with E-state index >= 15 is 0 Å². The molecule has 1 rings (SSSR count). The number of methoxy groups -OCH3 is 1. The lowest BCUT2D eigenvalue weighted by atomic mass is 9.99. The first-order valence-electron chi connectivity index (χ1n) is 8.40. The molecule has 0 atom stereocenters. The first-order valence-corrected chi connectivity index (χ1v) is 9.63. The first kappa shape index (κ1) is 24.2. The Balaban J connectivity index is 0.00000529. The van der Waals surface area contributed by atoms with Gasteiger partial charge in [0.1, 0.15) is 0 Å². The highest BCUT2D eigenvalue weighted by molar-refractivity contribution is 14.0. The van der Waals surface area contributed by atoms with E-state index in [0.29, 0.717) is 0 Å². The number of thioether (sulfide) groups is 1. The van der Waals surface area contributed by atoms with Crippen LogP contribution < -0.4 is 10.6 Å². The second-order valence-electron chi connectivity index (χ2n) is 6.00. The predicted octanol–water partition coefficient (Wildman–Crippen LogP) is 1.65. The van der Waals surface area contributed by atoms with E-state index in [1.54, 1.807) is 7.11 Å². The Morgan fingerprint density at radius 2 is 2.00 bits per heavy atom. The largest absolute Gasteiger partial charge is 0.385 e. The van der Waals surface area contributed by atoms with Crippen molar-refractivity contribution in [2.75, 3.05) is 73.5 Å². The highest BCUT2D eigenvalue weighted by atomic mass is 127. The highest BCUT2D eigenvalue weighted by Gasteiger charge is 2.31. The van der Waals surface area contributed by atoms with Crippen molar-refractivity contribution in [3.63, 3.8) is 0 Å². The molecule has 0 aromatic carbocycles. The molecule has 144 valence electrons. The third kappa shape index (κ3) is 9.65. The zero-order chi connectivity index (χ0) is 17.0. The Morgan fingerprint density at radius 3 is 2.58 bits per heavy atom. The van der Waals surface area contributed by atoms with Crippen LogP contribution in [0.3, 0.4) is 0 Å². The maximum absolute atomic E-state index is 5.49. The number of hydrogen-bond donors (Lipinski definition) is 2. The molecule has 0 unspecified atom stereocenters. The van der Waals surface area contributed by atoms with Gasteiger partial charge in [-0.05, 0) is 32.6 Å². The Hall–Kier alpha value is 0.230. The van der Waals surface area contributed by atoms with E-state index in [0.717, 1.165) is 71.2 Å². The molecule has 1 aliphatic heterocycles. The molecule has 0 aromatic rings. The summed E-state index contributed by atoms with van der Waals surface area (Å²) in [7, 11) is 5.71. The van der Waals surface area contributed by atoms with Gasteiger partial charge in [-0.15, -0.1) is 24.0 Å². The van der Waals surface area contributed by atoms with Crippen LogP contribution in [0.15, 0.2) is 4.99 Å². The van der Waals surface area contributed by atoms with Crippen LogP contribution in [-0.2, 0) is 9.47 Å². The monoisotopic (exact) mass is 474 g/mol. The molecule has 6 nitrogen and oxygen atoms in total. The molecule has 2 N–H and O–H groups in total. The summed E-state index contributed by atoms with van der Waals surface area (Å²) >= 11 is 1.94. The third-order valence-electron chi connectivity index (χ3n) is 4.31. The number of aliphatic imine (C=N–C) groups is 1. The van der Waals surface area contributed by atoms with E-state index in [2.05, 4.69) is 33.8 Å². The summed E-state index contributed by atoms with van der Waals surface area (Å²) in [5.74, 6) is 0.884. The average molecular weight is 474 g/mol. The standard InChI is InChI=1S/C16H34N4O2S.HI/c1-17-15(18-8-10-20(2)9-5-11-21-3)19-14-16(23-4)6-12-22-13-7-16;/h5-14H2,1-4H3,(H2,17,18,19);1H. The molecule has 0 amide bonds. The van der Waals surface area contributed by atoms with Crippen LogP contribution in [0, 0.1) is 0 Å². The molecule has 0 aliphatic carbocycles. The Morgan fingerprint density at radius 1 is 1.29 bits per heavy atom. The van der Waals surface area contributed by atoms with Gasteiger partial charge in [0, 0.05) is 64.9 Å². The van der Waals surface area contributed by atoms with E-state index in [9.17, 15) is 0 Å². The second-order valence-corrected chi connectivity index (χ2v) is 7.28. The number of likely N-dealkylation sites (N-methyl/N-ethyl adjacent to an activating group) is 1.